The summed E-state index contributed by atoms with van der Waals surface area (Å²) in [7, 11) is 0. The van der Waals surface area contributed by atoms with Gasteiger partial charge in [-0.2, -0.15) is 0 Å². The smallest absolute Gasteiger partial charge is 0.304 e. The maximum Gasteiger partial charge on any atom is 0.304 e. The number of anilines is 1. The summed E-state index contributed by atoms with van der Waals surface area (Å²) in [5, 5.41) is 7.82. The van der Waals surface area contributed by atoms with Gasteiger partial charge in [0.1, 0.15) is 0 Å². The van der Waals surface area contributed by atoms with E-state index in [9.17, 15) is 4.79 Å². The maximum atomic E-state index is 10.8. The number of thiazole rings is 2. The molecule has 0 saturated carbocycles. The van der Waals surface area contributed by atoms with Crippen molar-refractivity contribution in [2.24, 2.45) is 0 Å². The van der Waals surface area contributed by atoms with Gasteiger partial charge in [-0.1, -0.05) is 11.3 Å². The van der Waals surface area contributed by atoms with Crippen LogP contribution < -0.4 is 10.2 Å². The van der Waals surface area contributed by atoms with Gasteiger partial charge in [-0.15, -0.1) is 11.3 Å². The Kier molecular flexibility index (Phi) is 2.64. The van der Waals surface area contributed by atoms with Crippen LogP contribution in [0, 0.1) is 6.92 Å². The highest BCUT2D eigenvalue weighted by molar-refractivity contribution is 7.13. The summed E-state index contributed by atoms with van der Waals surface area (Å²) in [5.74, 6) is 0. The van der Waals surface area contributed by atoms with Crippen LogP contribution in [-0.4, -0.2) is 9.97 Å². The first-order chi connectivity index (χ1) is 6.74. The average Bonchev–Trinajstić information content (AvgIpc) is 2.72. The van der Waals surface area contributed by atoms with E-state index in [-0.39, 0.29) is 4.87 Å². The van der Waals surface area contributed by atoms with Gasteiger partial charge >= 0.3 is 4.87 Å². The second-order valence-electron chi connectivity index (χ2n) is 2.82. The molecule has 2 rings (SSSR count). The molecule has 0 aliphatic carbocycles. The molecule has 0 aromatic carbocycles. The van der Waals surface area contributed by atoms with Gasteiger partial charge in [0.2, 0.25) is 0 Å². The van der Waals surface area contributed by atoms with Crippen LogP contribution in [0.3, 0.4) is 0 Å². The molecule has 2 aromatic heterocycles. The van der Waals surface area contributed by atoms with Crippen LogP contribution in [0.2, 0.25) is 0 Å². The monoisotopic (exact) mass is 227 g/mol. The number of H-pyrrole nitrogens is 1. The minimum absolute atomic E-state index is 0.0166. The summed E-state index contributed by atoms with van der Waals surface area (Å²) in [6, 6.07) is 0. The number of rotatable bonds is 3. The molecule has 4 nitrogen and oxygen atoms in total. The molecule has 0 aliphatic rings. The molecule has 0 aliphatic heterocycles. The van der Waals surface area contributed by atoms with E-state index in [1.54, 1.807) is 11.3 Å². The molecule has 0 radical (unpaired) electrons. The third kappa shape index (κ3) is 2.21. The lowest BCUT2D eigenvalue weighted by Crippen LogP contribution is -2.02. The summed E-state index contributed by atoms with van der Waals surface area (Å²) in [4.78, 5) is 17.8. The topological polar surface area (TPSA) is 57.8 Å². The normalized spacial score (nSPS) is 10.4. The molecule has 74 valence electrons. The molecule has 2 aromatic rings. The van der Waals surface area contributed by atoms with E-state index in [0.717, 1.165) is 16.5 Å². The van der Waals surface area contributed by atoms with Gasteiger partial charge in [-0.25, -0.2) is 4.98 Å². The minimum atomic E-state index is -0.0166. The number of aromatic amines is 1. The zero-order valence-corrected chi connectivity index (χ0v) is 9.17. The van der Waals surface area contributed by atoms with Crippen LogP contribution in [0.5, 0.6) is 0 Å². The Morgan fingerprint density at radius 2 is 2.36 bits per heavy atom. The summed E-state index contributed by atoms with van der Waals surface area (Å²) >= 11 is 2.74. The van der Waals surface area contributed by atoms with Crippen molar-refractivity contribution in [3.63, 3.8) is 0 Å². The quantitative estimate of drug-likeness (QED) is 0.840. The third-order valence-corrected chi connectivity index (χ3v) is 3.26. The molecule has 6 heteroatoms. The van der Waals surface area contributed by atoms with Crippen LogP contribution >= 0.6 is 22.7 Å². The molecular weight excluding hydrogens is 218 g/mol. The highest BCUT2D eigenvalue weighted by atomic mass is 32.1. The summed E-state index contributed by atoms with van der Waals surface area (Å²) in [6.07, 6.45) is 0. The van der Waals surface area contributed by atoms with Gasteiger partial charge in [0.15, 0.2) is 5.13 Å². The fourth-order valence-corrected chi connectivity index (χ4v) is 2.28. The summed E-state index contributed by atoms with van der Waals surface area (Å²) in [6.45, 7) is 2.57. The fourth-order valence-electron chi connectivity index (χ4n) is 1.01. The maximum absolute atomic E-state index is 10.8. The molecule has 0 saturated heterocycles. The Bertz CT molecular complexity index is 471. The van der Waals surface area contributed by atoms with Crippen molar-refractivity contribution in [3.8, 4) is 0 Å². The van der Waals surface area contributed by atoms with E-state index >= 15 is 0 Å². The van der Waals surface area contributed by atoms with Crippen molar-refractivity contribution in [2.45, 2.75) is 13.5 Å². The lowest BCUT2D eigenvalue weighted by Gasteiger charge is -1.98. The van der Waals surface area contributed by atoms with Gasteiger partial charge in [-0.3, -0.25) is 4.79 Å². The van der Waals surface area contributed by atoms with Crippen molar-refractivity contribution >= 4 is 27.8 Å². The Labute approximate surface area is 88.6 Å². The fraction of sp³-hybridized carbons (Fsp3) is 0.250. The van der Waals surface area contributed by atoms with E-state index in [1.165, 1.54) is 11.3 Å². The SMILES string of the molecule is Cc1csc(NCc2csc(=O)[nH]2)n1. The number of aromatic nitrogens is 2. The molecule has 2 heterocycles. The lowest BCUT2D eigenvalue weighted by molar-refractivity contribution is 1.05. The lowest BCUT2D eigenvalue weighted by atomic mass is 10.5. The Balaban J connectivity index is 1.98. The predicted molar refractivity (Wildman–Crippen MR) is 59.1 cm³/mol. The van der Waals surface area contributed by atoms with E-state index in [0.29, 0.717) is 6.54 Å². The van der Waals surface area contributed by atoms with Crippen molar-refractivity contribution in [1.82, 2.24) is 9.97 Å². The summed E-state index contributed by atoms with van der Waals surface area (Å²) < 4.78 is 0. The second-order valence-corrected chi connectivity index (χ2v) is 4.52. The second kappa shape index (κ2) is 3.93. The molecule has 0 fully saturated rings. The molecule has 2 N–H and O–H groups in total. The molecule has 0 spiro atoms. The van der Waals surface area contributed by atoms with E-state index < -0.39 is 0 Å². The van der Waals surface area contributed by atoms with Crippen molar-refractivity contribution in [2.75, 3.05) is 5.32 Å². The molecule has 0 unspecified atom stereocenters. The first-order valence-electron chi connectivity index (χ1n) is 4.07. The van der Waals surface area contributed by atoms with Crippen LogP contribution in [0.1, 0.15) is 11.4 Å². The number of hydrogen-bond donors (Lipinski definition) is 2. The molecule has 0 atom stereocenters. The average molecular weight is 227 g/mol. The zero-order valence-electron chi connectivity index (χ0n) is 7.53. The Morgan fingerprint density at radius 1 is 1.50 bits per heavy atom. The molecule has 0 bridgehead atoms. The van der Waals surface area contributed by atoms with Gasteiger partial charge in [0, 0.05) is 16.5 Å². The Morgan fingerprint density at radius 3 is 2.93 bits per heavy atom. The molecular formula is C8H9N3OS2. The number of nitrogens with one attached hydrogen (secondary N) is 2. The Hall–Kier alpha value is -1.14. The number of aryl methyl sites for hydroxylation is 1. The predicted octanol–water partition coefficient (Wildman–Crippen LogP) is 1.81. The van der Waals surface area contributed by atoms with E-state index in [1.807, 2.05) is 17.7 Å². The van der Waals surface area contributed by atoms with Crippen LogP contribution in [0.4, 0.5) is 5.13 Å². The van der Waals surface area contributed by atoms with Gasteiger partial charge in [0.05, 0.1) is 12.2 Å². The molecule has 14 heavy (non-hydrogen) atoms. The highest BCUT2D eigenvalue weighted by Crippen LogP contribution is 2.14. The van der Waals surface area contributed by atoms with Gasteiger partial charge < -0.3 is 10.3 Å². The third-order valence-electron chi connectivity index (χ3n) is 1.62. The zero-order chi connectivity index (χ0) is 9.97. The minimum Gasteiger partial charge on any atom is -0.356 e. The van der Waals surface area contributed by atoms with Crippen LogP contribution in [0.25, 0.3) is 0 Å². The van der Waals surface area contributed by atoms with Crippen molar-refractivity contribution in [1.29, 1.82) is 0 Å². The first kappa shape index (κ1) is 9.42. The van der Waals surface area contributed by atoms with E-state index in [4.69, 9.17) is 0 Å². The van der Waals surface area contributed by atoms with Crippen LogP contribution in [0.15, 0.2) is 15.6 Å². The summed E-state index contributed by atoms with van der Waals surface area (Å²) in [5.41, 5.74) is 1.91. The first-order valence-corrected chi connectivity index (χ1v) is 5.82. The van der Waals surface area contributed by atoms with E-state index in [2.05, 4.69) is 15.3 Å². The van der Waals surface area contributed by atoms with Crippen LogP contribution in [-0.2, 0) is 6.54 Å². The highest BCUT2D eigenvalue weighted by Gasteiger charge is 1.99. The number of nitrogens with zero attached hydrogens (tertiary/aromatic N) is 1. The van der Waals surface area contributed by atoms with Gasteiger partial charge in [0.25, 0.3) is 0 Å². The van der Waals surface area contributed by atoms with Crippen molar-refractivity contribution in [3.05, 3.63) is 31.8 Å². The number of hydrogen-bond acceptors (Lipinski definition) is 5. The largest absolute Gasteiger partial charge is 0.356 e. The van der Waals surface area contributed by atoms with Crippen molar-refractivity contribution < 1.29 is 0 Å². The molecule has 0 amide bonds. The van der Waals surface area contributed by atoms with Gasteiger partial charge in [-0.05, 0) is 6.92 Å². The standard InChI is InChI=1S/C8H9N3OS2/c1-5-3-13-7(10-5)9-2-6-4-14-8(12)11-6/h3-4H,2H2,1H3,(H,9,10)(H,11,12).